The average molecular weight is 434 g/mol. The molecule has 0 unspecified atom stereocenters. The second-order valence-corrected chi connectivity index (χ2v) is 6.77. The lowest BCUT2D eigenvalue weighted by Gasteiger charge is -2.11. The summed E-state index contributed by atoms with van der Waals surface area (Å²) in [6, 6.07) is 19.5. The van der Waals surface area contributed by atoms with Crippen LogP contribution in [0.5, 0.6) is 5.75 Å². The molecule has 0 atom stereocenters. The zero-order valence-corrected chi connectivity index (χ0v) is 16.0. The molecule has 3 rings (SSSR count). The van der Waals surface area contributed by atoms with Gasteiger partial charge in [0.05, 0.1) is 16.9 Å². The third-order valence-corrected chi connectivity index (χ3v) is 4.39. The van der Waals surface area contributed by atoms with Crippen molar-refractivity contribution in [3.05, 3.63) is 93.2 Å². The monoisotopic (exact) mass is 432 g/mol. The highest BCUT2D eigenvalue weighted by molar-refractivity contribution is 9.10. The van der Waals surface area contributed by atoms with Gasteiger partial charge in [0.25, 0.3) is 0 Å². The number of para-hydroxylation sites is 1. The van der Waals surface area contributed by atoms with Crippen molar-refractivity contribution >= 4 is 39.4 Å². The molecular weight excluding hydrogens is 419 g/mol. The fraction of sp³-hybridized carbons (Fsp3) is 0.0500. The molecule has 0 bridgehead atoms. The largest absolute Gasteiger partial charge is 0.488 e. The molecule has 0 aliphatic heterocycles. The van der Waals surface area contributed by atoms with Gasteiger partial charge >= 0.3 is 0 Å². The Hall–Kier alpha value is -2.37. The molecule has 3 aromatic rings. The van der Waals surface area contributed by atoms with Gasteiger partial charge < -0.3 is 4.74 Å². The Bertz CT molecular complexity index is 919. The van der Waals surface area contributed by atoms with Gasteiger partial charge in [0.15, 0.2) is 0 Å². The maximum Gasteiger partial charge on any atom is 0.128 e. The summed E-state index contributed by atoms with van der Waals surface area (Å²) >= 11 is 9.50. The van der Waals surface area contributed by atoms with E-state index < -0.39 is 0 Å². The van der Waals surface area contributed by atoms with Crippen LogP contribution in [-0.4, -0.2) is 6.21 Å². The van der Waals surface area contributed by atoms with Crippen molar-refractivity contribution in [3.8, 4) is 5.75 Å². The predicted octanol–water partition coefficient (Wildman–Crippen LogP) is 6.27. The highest BCUT2D eigenvalue weighted by atomic mass is 79.9. The van der Waals surface area contributed by atoms with Crippen LogP contribution in [0.3, 0.4) is 0 Å². The van der Waals surface area contributed by atoms with E-state index in [9.17, 15) is 4.39 Å². The van der Waals surface area contributed by atoms with Crippen molar-refractivity contribution in [1.29, 1.82) is 0 Å². The van der Waals surface area contributed by atoms with Gasteiger partial charge in [-0.15, -0.1) is 0 Å². The highest BCUT2D eigenvalue weighted by Gasteiger charge is 2.06. The van der Waals surface area contributed by atoms with Gasteiger partial charge in [0, 0.05) is 15.6 Å². The molecule has 0 heterocycles. The molecule has 0 radical (unpaired) electrons. The van der Waals surface area contributed by atoms with Crippen LogP contribution in [0.2, 0.25) is 5.02 Å². The Kier molecular flexibility index (Phi) is 6.26. The lowest BCUT2D eigenvalue weighted by molar-refractivity contribution is 0.305. The van der Waals surface area contributed by atoms with Gasteiger partial charge in [-0.05, 0) is 42.5 Å². The summed E-state index contributed by atoms with van der Waals surface area (Å²) in [6.45, 7) is 0.230. The van der Waals surface area contributed by atoms with Crippen LogP contribution in [0.4, 0.5) is 10.1 Å². The van der Waals surface area contributed by atoms with Crippen LogP contribution in [0.25, 0.3) is 0 Å². The fourth-order valence-electron chi connectivity index (χ4n) is 2.23. The Morgan fingerprint density at radius 2 is 1.88 bits per heavy atom. The average Bonchev–Trinajstić information content (AvgIpc) is 2.63. The first-order chi connectivity index (χ1) is 12.6. The Morgan fingerprint density at radius 3 is 2.65 bits per heavy atom. The standard InChI is InChI=1S/C20H15BrClFN2O/c21-16-7-9-20(26-13-14-6-8-17(23)11-19(14)22)15(10-16)12-24-25-18-4-2-1-3-5-18/h1-12,25H,13H2. The molecule has 6 heteroatoms. The maximum atomic E-state index is 13.1. The number of hydrogen-bond donors (Lipinski definition) is 1. The van der Waals surface area contributed by atoms with Crippen molar-refractivity contribution in [2.45, 2.75) is 6.61 Å². The van der Waals surface area contributed by atoms with Crippen molar-refractivity contribution in [2.75, 3.05) is 5.43 Å². The second kappa shape index (κ2) is 8.83. The van der Waals surface area contributed by atoms with E-state index in [0.717, 1.165) is 15.7 Å². The van der Waals surface area contributed by atoms with Crippen LogP contribution in [0, 0.1) is 5.82 Å². The first-order valence-electron chi connectivity index (χ1n) is 7.82. The number of ether oxygens (including phenoxy) is 1. The van der Waals surface area contributed by atoms with Crippen molar-refractivity contribution in [1.82, 2.24) is 0 Å². The molecule has 0 aliphatic rings. The van der Waals surface area contributed by atoms with Gasteiger partial charge in [-0.2, -0.15) is 5.10 Å². The molecule has 3 nitrogen and oxygen atoms in total. The molecular formula is C20H15BrClFN2O. The van der Waals surface area contributed by atoms with Crippen molar-refractivity contribution in [2.24, 2.45) is 5.10 Å². The number of rotatable bonds is 6. The topological polar surface area (TPSA) is 33.6 Å². The zero-order valence-electron chi connectivity index (χ0n) is 13.6. The third kappa shape index (κ3) is 5.07. The van der Waals surface area contributed by atoms with Crippen molar-refractivity contribution in [3.63, 3.8) is 0 Å². The number of nitrogens with one attached hydrogen (secondary N) is 1. The molecule has 0 fully saturated rings. The lowest BCUT2D eigenvalue weighted by Crippen LogP contribution is -2.00. The lowest BCUT2D eigenvalue weighted by atomic mass is 10.2. The predicted molar refractivity (Wildman–Crippen MR) is 108 cm³/mol. The maximum absolute atomic E-state index is 13.1. The van der Waals surface area contributed by atoms with E-state index >= 15 is 0 Å². The summed E-state index contributed by atoms with van der Waals surface area (Å²) < 4.78 is 19.9. The third-order valence-electron chi connectivity index (χ3n) is 3.54. The molecule has 0 saturated heterocycles. The minimum absolute atomic E-state index is 0.230. The normalized spacial score (nSPS) is 10.9. The highest BCUT2D eigenvalue weighted by Crippen LogP contribution is 2.25. The van der Waals surface area contributed by atoms with Gasteiger partial charge in [-0.1, -0.05) is 51.8 Å². The summed E-state index contributed by atoms with van der Waals surface area (Å²) in [5.74, 6) is 0.273. The molecule has 0 amide bonds. The van der Waals surface area contributed by atoms with Gasteiger partial charge in [-0.25, -0.2) is 4.39 Å². The summed E-state index contributed by atoms with van der Waals surface area (Å²) in [4.78, 5) is 0. The van der Waals surface area contributed by atoms with Crippen LogP contribution < -0.4 is 10.2 Å². The first kappa shape index (κ1) is 18.4. The number of hydrazone groups is 1. The van der Waals surface area contributed by atoms with Gasteiger partial charge in [-0.3, -0.25) is 5.43 Å². The van der Waals surface area contributed by atoms with Gasteiger partial charge in [0.2, 0.25) is 0 Å². The molecule has 132 valence electrons. The number of benzene rings is 3. The van der Waals surface area contributed by atoms with Crippen LogP contribution in [-0.2, 0) is 6.61 Å². The summed E-state index contributed by atoms with van der Waals surface area (Å²) in [5, 5.41) is 4.58. The van der Waals surface area contributed by atoms with E-state index in [0.29, 0.717) is 16.3 Å². The van der Waals surface area contributed by atoms with E-state index in [1.54, 1.807) is 12.3 Å². The van der Waals surface area contributed by atoms with E-state index in [-0.39, 0.29) is 12.4 Å². The van der Waals surface area contributed by atoms with Crippen LogP contribution in [0.15, 0.2) is 76.3 Å². The number of halogens is 3. The van der Waals surface area contributed by atoms with E-state index in [4.69, 9.17) is 16.3 Å². The zero-order chi connectivity index (χ0) is 18.4. The second-order valence-electron chi connectivity index (χ2n) is 5.44. The number of nitrogens with zero attached hydrogens (tertiary/aromatic N) is 1. The molecule has 0 saturated carbocycles. The Morgan fingerprint density at radius 1 is 1.08 bits per heavy atom. The molecule has 3 aromatic carbocycles. The van der Waals surface area contributed by atoms with Crippen LogP contribution >= 0.6 is 27.5 Å². The first-order valence-corrected chi connectivity index (χ1v) is 8.99. The Labute approximate surface area is 164 Å². The quantitative estimate of drug-likeness (QED) is 0.367. The molecule has 0 spiro atoms. The number of hydrogen-bond acceptors (Lipinski definition) is 3. The summed E-state index contributed by atoms with van der Waals surface area (Å²) in [5.41, 5.74) is 5.36. The minimum Gasteiger partial charge on any atom is -0.488 e. The Balaban J connectivity index is 1.73. The fourth-order valence-corrected chi connectivity index (χ4v) is 2.84. The van der Waals surface area contributed by atoms with E-state index in [1.165, 1.54) is 12.1 Å². The smallest absolute Gasteiger partial charge is 0.128 e. The molecule has 0 aliphatic carbocycles. The van der Waals surface area contributed by atoms with E-state index in [2.05, 4.69) is 26.5 Å². The SMILES string of the molecule is Fc1ccc(COc2ccc(Br)cc2C=NNc2ccccc2)c(Cl)c1. The molecule has 0 aromatic heterocycles. The van der Waals surface area contributed by atoms with E-state index in [1.807, 2.05) is 48.5 Å². The summed E-state index contributed by atoms with van der Waals surface area (Å²) in [6.07, 6.45) is 1.68. The van der Waals surface area contributed by atoms with Gasteiger partial charge in [0.1, 0.15) is 18.2 Å². The molecule has 26 heavy (non-hydrogen) atoms. The number of anilines is 1. The summed E-state index contributed by atoms with van der Waals surface area (Å²) in [7, 11) is 0. The minimum atomic E-state index is -0.373. The van der Waals surface area contributed by atoms with Crippen molar-refractivity contribution < 1.29 is 9.13 Å². The molecule has 1 N–H and O–H groups in total. The van der Waals surface area contributed by atoms with Crippen LogP contribution in [0.1, 0.15) is 11.1 Å².